The van der Waals surface area contributed by atoms with Gasteiger partial charge in [-0.25, -0.2) is 9.24 Å². The molecule has 8 heteroatoms. The highest BCUT2D eigenvalue weighted by Gasteiger charge is 2.46. The molecular formula is C22H19F4N3O. The van der Waals surface area contributed by atoms with Gasteiger partial charge in [0.25, 0.3) is 0 Å². The molecule has 4 rings (SSSR count). The second kappa shape index (κ2) is 7.63. The van der Waals surface area contributed by atoms with Gasteiger partial charge in [0, 0.05) is 32.1 Å². The average molecular weight is 417 g/mol. The molecule has 1 heterocycles. The lowest BCUT2D eigenvalue weighted by molar-refractivity contribution is -0.137. The Labute approximate surface area is 171 Å². The minimum absolute atomic E-state index is 0.0153. The number of hydrogen-bond acceptors (Lipinski definition) is 2. The summed E-state index contributed by atoms with van der Waals surface area (Å²) in [6.45, 7) is 8.91. The monoisotopic (exact) mass is 417 g/mol. The van der Waals surface area contributed by atoms with Crippen LogP contribution in [0.4, 0.5) is 28.9 Å². The highest BCUT2D eigenvalue weighted by atomic mass is 19.4. The van der Waals surface area contributed by atoms with Crippen molar-refractivity contribution in [3.63, 3.8) is 0 Å². The van der Waals surface area contributed by atoms with Gasteiger partial charge < -0.3 is 9.80 Å². The van der Waals surface area contributed by atoms with E-state index in [1.807, 2.05) is 0 Å². The molecule has 30 heavy (non-hydrogen) atoms. The average Bonchev–Trinajstić information content (AvgIpc) is 3.53. The summed E-state index contributed by atoms with van der Waals surface area (Å²) in [6.07, 6.45) is -3.75. The first-order chi connectivity index (χ1) is 14.3. The summed E-state index contributed by atoms with van der Waals surface area (Å²) < 4.78 is 52.3. The van der Waals surface area contributed by atoms with Crippen LogP contribution in [-0.2, 0) is 11.0 Å². The van der Waals surface area contributed by atoms with E-state index in [4.69, 9.17) is 6.57 Å². The van der Waals surface area contributed by atoms with Gasteiger partial charge >= 0.3 is 6.18 Å². The molecule has 1 saturated heterocycles. The third kappa shape index (κ3) is 3.84. The van der Waals surface area contributed by atoms with Crippen LogP contribution in [0.1, 0.15) is 23.5 Å². The van der Waals surface area contributed by atoms with Crippen LogP contribution < -0.4 is 4.90 Å². The second-order valence-corrected chi connectivity index (χ2v) is 7.60. The van der Waals surface area contributed by atoms with E-state index in [1.54, 1.807) is 15.9 Å². The van der Waals surface area contributed by atoms with E-state index in [-0.39, 0.29) is 29.1 Å². The lowest BCUT2D eigenvalue weighted by Crippen LogP contribution is -2.49. The summed E-state index contributed by atoms with van der Waals surface area (Å²) in [5.74, 6) is -0.745. The van der Waals surface area contributed by atoms with E-state index < -0.39 is 17.6 Å². The Bertz CT molecular complexity index is 989. The Balaban J connectivity index is 1.37. The maximum Gasteiger partial charge on any atom is 0.416 e. The normalized spacial score (nSPS) is 21.3. The van der Waals surface area contributed by atoms with Gasteiger partial charge in [-0.3, -0.25) is 4.79 Å². The number of carbonyl (C=O) groups excluding carboxylic acids is 1. The number of amides is 1. The van der Waals surface area contributed by atoms with Gasteiger partial charge in [-0.05, 0) is 36.1 Å². The van der Waals surface area contributed by atoms with Crippen molar-refractivity contribution in [2.45, 2.75) is 18.5 Å². The van der Waals surface area contributed by atoms with Crippen molar-refractivity contribution in [2.75, 3.05) is 31.1 Å². The minimum Gasteiger partial charge on any atom is -0.374 e. The van der Waals surface area contributed by atoms with Gasteiger partial charge in [0.15, 0.2) is 0 Å². The number of nitrogens with zero attached hydrogens (tertiary/aromatic N) is 3. The van der Waals surface area contributed by atoms with Crippen molar-refractivity contribution in [3.8, 4) is 0 Å². The maximum atomic E-state index is 14.2. The van der Waals surface area contributed by atoms with Crippen molar-refractivity contribution in [1.29, 1.82) is 0 Å². The van der Waals surface area contributed by atoms with E-state index >= 15 is 0 Å². The Morgan fingerprint density at radius 3 is 2.30 bits per heavy atom. The fraction of sp³-hybridized carbons (Fsp3) is 0.364. The third-order valence-corrected chi connectivity index (χ3v) is 5.77. The second-order valence-electron chi connectivity index (χ2n) is 7.60. The molecule has 0 radical (unpaired) electrons. The number of carbonyl (C=O) groups is 1. The molecule has 1 amide bonds. The molecule has 2 aliphatic rings. The summed E-state index contributed by atoms with van der Waals surface area (Å²) in [6, 6.07) is 9.39. The van der Waals surface area contributed by atoms with Crippen LogP contribution in [0.2, 0.25) is 0 Å². The van der Waals surface area contributed by atoms with Crippen molar-refractivity contribution in [2.24, 2.45) is 5.92 Å². The number of halogens is 4. The molecule has 2 fully saturated rings. The Hall–Kier alpha value is -3.08. The number of piperazine rings is 1. The molecule has 1 aliphatic heterocycles. The molecule has 2 atom stereocenters. The highest BCUT2D eigenvalue weighted by molar-refractivity contribution is 5.83. The Morgan fingerprint density at radius 1 is 1.03 bits per heavy atom. The van der Waals surface area contributed by atoms with Crippen LogP contribution in [0.5, 0.6) is 0 Å². The number of benzene rings is 2. The van der Waals surface area contributed by atoms with E-state index in [0.717, 1.165) is 17.7 Å². The van der Waals surface area contributed by atoms with Gasteiger partial charge in [0.05, 0.1) is 17.8 Å². The molecule has 0 aromatic heterocycles. The number of hydrogen-bond donors (Lipinski definition) is 0. The molecule has 1 saturated carbocycles. The number of rotatable bonds is 3. The molecule has 1 unspecified atom stereocenters. The Kier molecular flexibility index (Phi) is 5.14. The van der Waals surface area contributed by atoms with E-state index in [1.165, 1.54) is 24.3 Å². The first kappa shape index (κ1) is 20.2. The largest absolute Gasteiger partial charge is 0.416 e. The highest BCUT2D eigenvalue weighted by Crippen LogP contribution is 2.49. The molecule has 0 N–H and O–H groups in total. The summed E-state index contributed by atoms with van der Waals surface area (Å²) in [5.41, 5.74) is 0.568. The predicted octanol–water partition coefficient (Wildman–Crippen LogP) is 4.85. The summed E-state index contributed by atoms with van der Waals surface area (Å²) in [4.78, 5) is 19.7. The fourth-order valence-corrected chi connectivity index (χ4v) is 4.05. The van der Waals surface area contributed by atoms with Crippen LogP contribution in [0, 0.1) is 18.3 Å². The van der Waals surface area contributed by atoms with E-state index in [2.05, 4.69) is 4.85 Å². The molecule has 2 aromatic rings. The van der Waals surface area contributed by atoms with Crippen molar-refractivity contribution < 1.29 is 22.4 Å². The number of para-hydroxylation sites is 1. The van der Waals surface area contributed by atoms with Crippen LogP contribution in [0.25, 0.3) is 4.85 Å². The smallest absolute Gasteiger partial charge is 0.374 e. The minimum atomic E-state index is -4.37. The van der Waals surface area contributed by atoms with Gasteiger partial charge in [-0.1, -0.05) is 24.3 Å². The fourth-order valence-electron chi connectivity index (χ4n) is 4.05. The van der Waals surface area contributed by atoms with Crippen molar-refractivity contribution in [3.05, 3.63) is 70.8 Å². The maximum absolute atomic E-state index is 14.2. The standard InChI is InChI=1S/C22H19F4N3O/c1-27-19-4-2-3-18(23)20(19)28-9-11-29(12-10-28)21(30)17-13-16(17)14-5-7-15(8-6-14)22(24,25)26/h2-8,16-17H,9-13H2/t16?,17-/m1/s1. The number of anilines is 1. The summed E-state index contributed by atoms with van der Waals surface area (Å²) >= 11 is 0. The quantitative estimate of drug-likeness (QED) is 0.528. The molecule has 0 bridgehead atoms. The van der Waals surface area contributed by atoms with Crippen LogP contribution in [-0.4, -0.2) is 37.0 Å². The van der Waals surface area contributed by atoms with Crippen LogP contribution >= 0.6 is 0 Å². The lowest BCUT2D eigenvalue weighted by atomic mass is 10.1. The topological polar surface area (TPSA) is 27.9 Å². The van der Waals surface area contributed by atoms with Crippen molar-refractivity contribution in [1.82, 2.24) is 4.90 Å². The molecule has 2 aromatic carbocycles. The van der Waals surface area contributed by atoms with E-state index in [9.17, 15) is 22.4 Å². The first-order valence-electron chi connectivity index (χ1n) is 9.66. The zero-order chi connectivity index (χ0) is 21.5. The van der Waals surface area contributed by atoms with E-state index in [0.29, 0.717) is 32.6 Å². The van der Waals surface area contributed by atoms with Gasteiger partial charge in [-0.2, -0.15) is 13.2 Å². The van der Waals surface area contributed by atoms with Crippen molar-refractivity contribution >= 4 is 17.3 Å². The first-order valence-corrected chi connectivity index (χ1v) is 9.66. The number of alkyl halides is 3. The Morgan fingerprint density at radius 2 is 1.70 bits per heavy atom. The van der Waals surface area contributed by atoms with Gasteiger partial charge in [0.2, 0.25) is 11.6 Å². The van der Waals surface area contributed by atoms with Crippen LogP contribution in [0.3, 0.4) is 0 Å². The molecule has 156 valence electrons. The zero-order valence-corrected chi connectivity index (χ0v) is 16.0. The summed E-state index contributed by atoms with van der Waals surface area (Å²) in [5, 5.41) is 0. The van der Waals surface area contributed by atoms with Crippen LogP contribution in [0.15, 0.2) is 42.5 Å². The molecule has 0 spiro atoms. The molecule has 1 aliphatic carbocycles. The summed E-state index contributed by atoms with van der Waals surface area (Å²) in [7, 11) is 0. The molecule has 4 nitrogen and oxygen atoms in total. The van der Waals surface area contributed by atoms with Gasteiger partial charge in [0.1, 0.15) is 5.82 Å². The SMILES string of the molecule is [C-]#[N+]c1cccc(F)c1N1CCN(C(=O)[C@@H]2CC2c2ccc(C(F)(F)F)cc2)CC1. The third-order valence-electron chi connectivity index (χ3n) is 5.77. The zero-order valence-electron chi connectivity index (χ0n) is 16.0. The van der Waals surface area contributed by atoms with Gasteiger partial charge in [-0.15, -0.1) is 0 Å². The predicted molar refractivity (Wildman–Crippen MR) is 104 cm³/mol. The lowest BCUT2D eigenvalue weighted by Gasteiger charge is -2.37. The molecular weight excluding hydrogens is 398 g/mol.